The van der Waals surface area contributed by atoms with Crippen molar-refractivity contribution in [3.8, 4) is 5.75 Å². The predicted molar refractivity (Wildman–Crippen MR) is 72.4 cm³/mol. The Hall–Kier alpha value is -2.08. The zero-order valence-electron chi connectivity index (χ0n) is 11.3. The molecule has 0 bridgehead atoms. The van der Waals surface area contributed by atoms with E-state index in [1.165, 1.54) is 0 Å². The second-order valence-electron chi connectivity index (χ2n) is 4.26. The Labute approximate surface area is 117 Å². The lowest BCUT2D eigenvalue weighted by Gasteiger charge is -2.17. The molecule has 1 aromatic rings. The second-order valence-corrected chi connectivity index (χ2v) is 4.26. The lowest BCUT2D eigenvalue weighted by Crippen LogP contribution is -2.39. The van der Waals surface area contributed by atoms with Gasteiger partial charge in [0.15, 0.2) is 12.2 Å². The molecule has 0 saturated carbocycles. The molecule has 1 amide bonds. The Morgan fingerprint density at radius 2 is 1.95 bits per heavy atom. The van der Waals surface area contributed by atoms with Gasteiger partial charge in [-0.15, -0.1) is 0 Å². The highest BCUT2D eigenvalue weighted by molar-refractivity contribution is 5.81. The molecule has 0 spiro atoms. The number of aliphatic hydroxyl groups is 1. The number of carboxylic acids is 1. The van der Waals surface area contributed by atoms with Gasteiger partial charge in [-0.3, -0.25) is 4.79 Å². The molecule has 6 heteroatoms. The van der Waals surface area contributed by atoms with E-state index in [4.69, 9.17) is 14.9 Å². The summed E-state index contributed by atoms with van der Waals surface area (Å²) in [5.74, 6) is -1.03. The van der Waals surface area contributed by atoms with Crippen LogP contribution in [0.15, 0.2) is 30.3 Å². The molecule has 2 unspecified atom stereocenters. The Kier molecular flexibility index (Phi) is 6.52. The molecular weight excluding hydrogens is 262 g/mol. The summed E-state index contributed by atoms with van der Waals surface area (Å²) in [6.07, 6.45) is -1.66. The number of amides is 1. The maximum Gasteiger partial charge on any atom is 0.332 e. The zero-order valence-corrected chi connectivity index (χ0v) is 11.3. The third kappa shape index (κ3) is 5.27. The summed E-state index contributed by atoms with van der Waals surface area (Å²) in [7, 11) is 0. The van der Waals surface area contributed by atoms with Gasteiger partial charge in [-0.1, -0.05) is 25.1 Å². The highest BCUT2D eigenvalue weighted by Gasteiger charge is 2.19. The molecule has 1 aromatic carbocycles. The number of rotatable bonds is 8. The topological polar surface area (TPSA) is 95.9 Å². The van der Waals surface area contributed by atoms with Gasteiger partial charge in [0.05, 0.1) is 0 Å². The number of nitrogens with one attached hydrogen (secondary N) is 1. The van der Waals surface area contributed by atoms with E-state index in [2.05, 4.69) is 5.32 Å². The molecule has 0 radical (unpaired) electrons. The van der Waals surface area contributed by atoms with E-state index in [9.17, 15) is 9.59 Å². The van der Waals surface area contributed by atoms with Gasteiger partial charge in [0.25, 0.3) is 5.91 Å². The third-order valence-electron chi connectivity index (χ3n) is 2.69. The summed E-state index contributed by atoms with van der Waals surface area (Å²) in [6, 6.07) is 8.97. The molecule has 2 atom stereocenters. The quantitative estimate of drug-likeness (QED) is 0.655. The van der Waals surface area contributed by atoms with E-state index < -0.39 is 18.2 Å². The molecule has 0 aliphatic rings. The zero-order chi connectivity index (χ0) is 15.0. The van der Waals surface area contributed by atoms with Crippen molar-refractivity contribution in [1.82, 2.24) is 5.32 Å². The van der Waals surface area contributed by atoms with E-state index in [1.807, 2.05) is 25.1 Å². The third-order valence-corrected chi connectivity index (χ3v) is 2.69. The fraction of sp³-hybridized carbons (Fsp3) is 0.429. The van der Waals surface area contributed by atoms with Crippen molar-refractivity contribution in [2.45, 2.75) is 32.0 Å². The number of hydrogen-bond donors (Lipinski definition) is 3. The Balaban J connectivity index is 2.41. The summed E-state index contributed by atoms with van der Waals surface area (Å²) in [5, 5.41) is 20.2. The number of para-hydroxylation sites is 1. The first kappa shape index (κ1) is 16.0. The van der Waals surface area contributed by atoms with Crippen molar-refractivity contribution >= 4 is 11.9 Å². The van der Waals surface area contributed by atoms with Gasteiger partial charge in [0, 0.05) is 13.0 Å². The average Bonchev–Trinajstić information content (AvgIpc) is 2.45. The molecule has 0 heterocycles. The Bertz CT molecular complexity index is 434. The van der Waals surface area contributed by atoms with E-state index in [-0.39, 0.29) is 18.9 Å². The Morgan fingerprint density at radius 3 is 2.50 bits per heavy atom. The van der Waals surface area contributed by atoms with Crippen LogP contribution in [0.4, 0.5) is 0 Å². The van der Waals surface area contributed by atoms with Crippen LogP contribution in [-0.4, -0.2) is 40.8 Å². The van der Waals surface area contributed by atoms with E-state index >= 15 is 0 Å². The summed E-state index contributed by atoms with van der Waals surface area (Å²) >= 11 is 0. The summed E-state index contributed by atoms with van der Waals surface area (Å²) in [4.78, 5) is 22.3. The number of carbonyl (C=O) groups is 2. The summed E-state index contributed by atoms with van der Waals surface area (Å²) in [6.45, 7) is 1.90. The first-order chi connectivity index (χ1) is 9.54. The van der Waals surface area contributed by atoms with E-state index in [0.29, 0.717) is 12.2 Å². The van der Waals surface area contributed by atoms with E-state index in [1.54, 1.807) is 12.1 Å². The largest absolute Gasteiger partial charge is 0.481 e. The molecule has 6 nitrogen and oxygen atoms in total. The fourth-order valence-corrected chi connectivity index (χ4v) is 1.55. The van der Waals surface area contributed by atoms with Crippen LogP contribution >= 0.6 is 0 Å². The second kappa shape index (κ2) is 8.16. The van der Waals surface area contributed by atoms with Crippen molar-refractivity contribution in [2.24, 2.45) is 0 Å². The number of benzene rings is 1. The van der Waals surface area contributed by atoms with Crippen LogP contribution in [0.1, 0.15) is 19.8 Å². The minimum atomic E-state index is -1.47. The van der Waals surface area contributed by atoms with Crippen molar-refractivity contribution in [3.05, 3.63) is 30.3 Å². The molecule has 0 aromatic heterocycles. The molecule has 0 saturated heterocycles. The molecule has 0 aliphatic carbocycles. The number of hydrogen-bond acceptors (Lipinski definition) is 4. The fourth-order valence-electron chi connectivity index (χ4n) is 1.55. The smallest absolute Gasteiger partial charge is 0.332 e. The minimum absolute atomic E-state index is 0.0388. The van der Waals surface area contributed by atoms with Crippen LogP contribution < -0.4 is 10.1 Å². The van der Waals surface area contributed by atoms with Crippen LogP contribution in [0, 0.1) is 0 Å². The standard InChI is InChI=1S/C14H19NO5/c1-2-12(20-10-6-4-3-5-7-10)13(17)15-9-8-11(16)14(18)19/h3-7,11-12,16H,2,8-9H2,1H3,(H,15,17)(H,18,19). The maximum atomic E-state index is 11.9. The first-order valence-electron chi connectivity index (χ1n) is 6.45. The van der Waals surface area contributed by atoms with Crippen LogP contribution in [0.2, 0.25) is 0 Å². The normalized spacial score (nSPS) is 13.3. The molecule has 1 rings (SSSR count). The number of carboxylic acid groups (broad SMARTS) is 1. The number of ether oxygens (including phenoxy) is 1. The highest BCUT2D eigenvalue weighted by atomic mass is 16.5. The number of carbonyl (C=O) groups excluding carboxylic acids is 1. The molecule has 20 heavy (non-hydrogen) atoms. The lowest BCUT2D eigenvalue weighted by atomic mass is 10.2. The first-order valence-corrected chi connectivity index (χ1v) is 6.45. The SMILES string of the molecule is CCC(Oc1ccccc1)C(=O)NCCC(O)C(=O)O. The molecule has 110 valence electrons. The van der Waals surface area contributed by atoms with Gasteiger partial charge in [-0.05, 0) is 18.6 Å². The van der Waals surface area contributed by atoms with Crippen LogP contribution in [0.3, 0.4) is 0 Å². The van der Waals surface area contributed by atoms with Crippen molar-refractivity contribution in [2.75, 3.05) is 6.54 Å². The molecule has 0 aliphatic heterocycles. The average molecular weight is 281 g/mol. The van der Waals surface area contributed by atoms with E-state index in [0.717, 1.165) is 0 Å². The monoisotopic (exact) mass is 281 g/mol. The predicted octanol–water partition coefficient (Wildman–Crippen LogP) is 0.796. The summed E-state index contributed by atoms with van der Waals surface area (Å²) in [5.41, 5.74) is 0. The van der Waals surface area contributed by atoms with Gasteiger partial charge in [0.1, 0.15) is 5.75 Å². The van der Waals surface area contributed by atoms with Crippen molar-refractivity contribution in [3.63, 3.8) is 0 Å². The molecular formula is C14H19NO5. The number of aliphatic carboxylic acids is 1. The van der Waals surface area contributed by atoms with Crippen LogP contribution in [0.5, 0.6) is 5.75 Å². The van der Waals surface area contributed by atoms with Gasteiger partial charge >= 0.3 is 5.97 Å². The number of aliphatic hydroxyl groups excluding tert-OH is 1. The van der Waals surface area contributed by atoms with Crippen molar-refractivity contribution in [1.29, 1.82) is 0 Å². The van der Waals surface area contributed by atoms with Crippen LogP contribution in [0.25, 0.3) is 0 Å². The Morgan fingerprint density at radius 1 is 1.30 bits per heavy atom. The lowest BCUT2D eigenvalue weighted by molar-refractivity contribution is -0.147. The summed E-state index contributed by atoms with van der Waals surface area (Å²) < 4.78 is 5.54. The highest BCUT2D eigenvalue weighted by Crippen LogP contribution is 2.12. The molecule has 3 N–H and O–H groups in total. The van der Waals surface area contributed by atoms with Gasteiger partial charge in [-0.2, -0.15) is 0 Å². The molecule has 0 fully saturated rings. The van der Waals surface area contributed by atoms with Crippen LogP contribution in [-0.2, 0) is 9.59 Å². The van der Waals surface area contributed by atoms with Gasteiger partial charge in [-0.25, -0.2) is 4.79 Å². The van der Waals surface area contributed by atoms with Crippen molar-refractivity contribution < 1.29 is 24.5 Å². The van der Waals surface area contributed by atoms with Gasteiger partial charge < -0.3 is 20.3 Å². The van der Waals surface area contributed by atoms with Gasteiger partial charge in [0.2, 0.25) is 0 Å². The maximum absolute atomic E-state index is 11.9. The minimum Gasteiger partial charge on any atom is -0.481 e.